The van der Waals surface area contributed by atoms with Gasteiger partial charge in [0.25, 0.3) is 5.91 Å². The molecule has 0 bridgehead atoms. The predicted molar refractivity (Wildman–Crippen MR) is 98.1 cm³/mol. The largest absolute Gasteiger partial charge is 0.335 e. The minimum absolute atomic E-state index is 0.191. The zero-order valence-corrected chi connectivity index (χ0v) is 15.4. The van der Waals surface area contributed by atoms with Crippen molar-refractivity contribution in [3.63, 3.8) is 0 Å². The van der Waals surface area contributed by atoms with Crippen LogP contribution in [0, 0.1) is 6.92 Å². The third-order valence-electron chi connectivity index (χ3n) is 4.83. The minimum Gasteiger partial charge on any atom is -0.335 e. The Labute approximate surface area is 152 Å². The number of aryl methyl sites for hydroxylation is 2. The van der Waals surface area contributed by atoms with Crippen molar-refractivity contribution in [1.82, 2.24) is 24.9 Å². The van der Waals surface area contributed by atoms with Crippen LogP contribution in [0.3, 0.4) is 0 Å². The fourth-order valence-corrected chi connectivity index (χ4v) is 3.19. The number of rotatable bonds is 4. The molecular weight excluding hydrogens is 334 g/mol. The van der Waals surface area contributed by atoms with Gasteiger partial charge in [0, 0.05) is 20.1 Å². The Balaban J connectivity index is 1.68. The van der Waals surface area contributed by atoms with E-state index in [1.165, 1.54) is 17.3 Å². The highest BCUT2D eigenvalue weighted by Crippen LogP contribution is 2.20. The average molecular weight is 359 g/mol. The molecule has 0 spiro atoms. The Kier molecular flexibility index (Phi) is 5.24. The first-order valence-electron chi connectivity index (χ1n) is 8.85. The van der Waals surface area contributed by atoms with Crippen LogP contribution in [-0.4, -0.2) is 37.5 Å². The number of anilines is 2. The van der Waals surface area contributed by atoms with Gasteiger partial charge in [-0.3, -0.25) is 14.2 Å². The number of hydrogen-bond donors (Lipinski definition) is 3. The van der Waals surface area contributed by atoms with Gasteiger partial charge in [0.15, 0.2) is 0 Å². The van der Waals surface area contributed by atoms with Gasteiger partial charge in [-0.25, -0.2) is 4.79 Å². The van der Waals surface area contributed by atoms with Crippen molar-refractivity contribution in [2.24, 2.45) is 14.1 Å². The standard InChI is InChI=1S/C17H25N7O2/c1-11-13(9-18-23(11)2)21-16(25)15-14(10-19-24(15)3)22-17(26)20-12-7-5-4-6-8-12/h9-10,12H,4-8H2,1-3H3,(H,21,25)(H2,20,22,26). The van der Waals surface area contributed by atoms with E-state index in [-0.39, 0.29) is 23.7 Å². The monoisotopic (exact) mass is 359 g/mol. The summed E-state index contributed by atoms with van der Waals surface area (Å²) in [6, 6.07) is -0.118. The van der Waals surface area contributed by atoms with Crippen molar-refractivity contribution in [1.29, 1.82) is 0 Å². The van der Waals surface area contributed by atoms with E-state index < -0.39 is 0 Å². The molecule has 0 radical (unpaired) electrons. The van der Waals surface area contributed by atoms with Crippen LogP contribution in [-0.2, 0) is 14.1 Å². The molecule has 1 aliphatic rings. The number of nitrogens with zero attached hydrogens (tertiary/aromatic N) is 4. The quantitative estimate of drug-likeness (QED) is 0.778. The molecule has 0 atom stereocenters. The van der Waals surface area contributed by atoms with Gasteiger partial charge in [0.2, 0.25) is 0 Å². The molecule has 2 aromatic rings. The number of urea groups is 1. The second kappa shape index (κ2) is 7.59. The molecule has 140 valence electrons. The van der Waals surface area contributed by atoms with Crippen LogP contribution in [0.5, 0.6) is 0 Å². The average Bonchev–Trinajstić information content (AvgIpc) is 3.12. The fourth-order valence-electron chi connectivity index (χ4n) is 3.19. The third kappa shape index (κ3) is 3.87. The summed E-state index contributed by atoms with van der Waals surface area (Å²) in [7, 11) is 3.47. The van der Waals surface area contributed by atoms with Crippen molar-refractivity contribution >= 4 is 23.3 Å². The third-order valence-corrected chi connectivity index (χ3v) is 4.83. The molecule has 9 nitrogen and oxygen atoms in total. The first-order chi connectivity index (χ1) is 12.5. The second-order valence-electron chi connectivity index (χ2n) is 6.69. The molecule has 9 heteroatoms. The van der Waals surface area contributed by atoms with Gasteiger partial charge in [0.1, 0.15) is 5.69 Å². The first kappa shape index (κ1) is 18.0. The van der Waals surface area contributed by atoms with E-state index in [4.69, 9.17) is 0 Å². The zero-order valence-electron chi connectivity index (χ0n) is 15.4. The molecule has 3 rings (SSSR count). The maximum absolute atomic E-state index is 12.7. The molecule has 2 aromatic heterocycles. The van der Waals surface area contributed by atoms with Crippen LogP contribution in [0.4, 0.5) is 16.2 Å². The number of nitrogens with one attached hydrogen (secondary N) is 3. The van der Waals surface area contributed by atoms with Gasteiger partial charge >= 0.3 is 6.03 Å². The maximum atomic E-state index is 12.7. The SMILES string of the molecule is Cc1c(NC(=O)c2c(NC(=O)NC3CCCCC3)cnn2C)cnn1C. The molecule has 2 heterocycles. The summed E-state index contributed by atoms with van der Waals surface area (Å²) in [5, 5.41) is 16.7. The molecule has 1 aliphatic carbocycles. The van der Waals surface area contributed by atoms with E-state index in [2.05, 4.69) is 26.1 Å². The van der Waals surface area contributed by atoms with Gasteiger partial charge in [-0.05, 0) is 19.8 Å². The van der Waals surface area contributed by atoms with Crippen LogP contribution in [0.15, 0.2) is 12.4 Å². The molecule has 1 fully saturated rings. The number of carbonyl (C=O) groups excluding carboxylic acids is 2. The Hall–Kier alpha value is -2.84. The number of carbonyl (C=O) groups is 2. The Morgan fingerprint density at radius 1 is 1.00 bits per heavy atom. The number of aromatic nitrogens is 4. The summed E-state index contributed by atoms with van der Waals surface area (Å²) in [4.78, 5) is 24.9. The Bertz CT molecular complexity index is 802. The van der Waals surface area contributed by atoms with Crippen molar-refractivity contribution in [3.8, 4) is 0 Å². The van der Waals surface area contributed by atoms with Crippen molar-refractivity contribution in [3.05, 3.63) is 23.8 Å². The molecule has 0 saturated heterocycles. The first-order valence-corrected chi connectivity index (χ1v) is 8.85. The lowest BCUT2D eigenvalue weighted by Crippen LogP contribution is -2.39. The van der Waals surface area contributed by atoms with E-state index in [9.17, 15) is 9.59 Å². The Morgan fingerprint density at radius 2 is 1.65 bits per heavy atom. The summed E-state index contributed by atoms with van der Waals surface area (Å²) >= 11 is 0. The molecule has 1 saturated carbocycles. The van der Waals surface area contributed by atoms with Crippen LogP contribution in [0.25, 0.3) is 0 Å². The summed E-state index contributed by atoms with van der Waals surface area (Å²) in [5.74, 6) is -0.353. The lowest BCUT2D eigenvalue weighted by Gasteiger charge is -2.22. The summed E-state index contributed by atoms with van der Waals surface area (Å²) in [6.45, 7) is 1.86. The molecule has 3 N–H and O–H groups in total. The van der Waals surface area contributed by atoms with E-state index >= 15 is 0 Å². The molecule has 26 heavy (non-hydrogen) atoms. The van der Waals surface area contributed by atoms with E-state index in [1.54, 1.807) is 25.0 Å². The van der Waals surface area contributed by atoms with Crippen molar-refractivity contribution in [2.75, 3.05) is 10.6 Å². The van der Waals surface area contributed by atoms with E-state index in [0.29, 0.717) is 11.4 Å². The molecule has 0 aliphatic heterocycles. The highest BCUT2D eigenvalue weighted by atomic mass is 16.2. The van der Waals surface area contributed by atoms with E-state index in [1.807, 2.05) is 6.92 Å². The van der Waals surface area contributed by atoms with Crippen LogP contribution < -0.4 is 16.0 Å². The van der Waals surface area contributed by atoms with Crippen LogP contribution >= 0.6 is 0 Å². The van der Waals surface area contributed by atoms with Gasteiger partial charge in [-0.1, -0.05) is 19.3 Å². The van der Waals surface area contributed by atoms with Crippen molar-refractivity contribution in [2.45, 2.75) is 45.1 Å². The summed E-state index contributed by atoms with van der Waals surface area (Å²) in [6.07, 6.45) is 8.55. The topological polar surface area (TPSA) is 106 Å². The summed E-state index contributed by atoms with van der Waals surface area (Å²) < 4.78 is 3.12. The zero-order chi connectivity index (χ0) is 18.7. The van der Waals surface area contributed by atoms with E-state index in [0.717, 1.165) is 31.4 Å². The number of hydrogen-bond acceptors (Lipinski definition) is 4. The smallest absolute Gasteiger partial charge is 0.319 e. The number of amides is 3. The molecule has 0 aromatic carbocycles. The van der Waals surface area contributed by atoms with Crippen LogP contribution in [0.1, 0.15) is 48.3 Å². The lowest BCUT2D eigenvalue weighted by molar-refractivity contribution is 0.101. The predicted octanol–water partition coefficient (Wildman–Crippen LogP) is 2.17. The molecule has 3 amide bonds. The summed E-state index contributed by atoms with van der Waals surface area (Å²) in [5.41, 5.74) is 2.12. The lowest BCUT2D eigenvalue weighted by atomic mass is 9.96. The van der Waals surface area contributed by atoms with Gasteiger partial charge in [0.05, 0.1) is 29.5 Å². The normalized spacial score (nSPS) is 14.9. The van der Waals surface area contributed by atoms with Gasteiger partial charge in [-0.2, -0.15) is 10.2 Å². The van der Waals surface area contributed by atoms with Crippen molar-refractivity contribution < 1.29 is 9.59 Å². The highest BCUT2D eigenvalue weighted by molar-refractivity contribution is 6.08. The highest BCUT2D eigenvalue weighted by Gasteiger charge is 2.21. The fraction of sp³-hybridized carbons (Fsp3) is 0.529. The molecule has 0 unspecified atom stereocenters. The second-order valence-corrected chi connectivity index (χ2v) is 6.69. The minimum atomic E-state index is -0.353. The maximum Gasteiger partial charge on any atom is 0.319 e. The molecular formula is C17H25N7O2. The van der Waals surface area contributed by atoms with Gasteiger partial charge in [-0.15, -0.1) is 0 Å². The van der Waals surface area contributed by atoms with Gasteiger partial charge < -0.3 is 16.0 Å². The Morgan fingerprint density at radius 3 is 2.31 bits per heavy atom. The van der Waals surface area contributed by atoms with Crippen LogP contribution in [0.2, 0.25) is 0 Å².